The average Bonchev–Trinajstić information content (AvgIpc) is 2.90. The van der Waals surface area contributed by atoms with Crippen molar-refractivity contribution in [3.05, 3.63) is 17.5 Å². The van der Waals surface area contributed by atoms with E-state index in [2.05, 4.69) is 18.9 Å². The van der Waals surface area contributed by atoms with E-state index >= 15 is 0 Å². The second kappa shape index (κ2) is 7.62. The minimum atomic E-state index is -0.755. The zero-order valence-corrected chi connectivity index (χ0v) is 14.3. The summed E-state index contributed by atoms with van der Waals surface area (Å²) < 4.78 is 1.96. The van der Waals surface area contributed by atoms with Crippen LogP contribution in [0.5, 0.6) is 0 Å². The third-order valence-corrected chi connectivity index (χ3v) is 4.79. The lowest BCUT2D eigenvalue weighted by Crippen LogP contribution is -2.39. The van der Waals surface area contributed by atoms with Crippen LogP contribution in [-0.4, -0.2) is 44.8 Å². The molecule has 1 N–H and O–H groups in total. The lowest BCUT2D eigenvalue weighted by molar-refractivity contribution is -0.138. The maximum Gasteiger partial charge on any atom is 0.303 e. The number of aromatic nitrogens is 2. The van der Waals surface area contributed by atoms with Gasteiger partial charge in [-0.25, -0.2) is 0 Å². The fourth-order valence-corrected chi connectivity index (χ4v) is 3.35. The molecule has 0 atom stereocenters. The number of carbonyl (C=O) groups is 2. The van der Waals surface area contributed by atoms with Crippen molar-refractivity contribution in [1.82, 2.24) is 14.7 Å². The molecule has 0 aliphatic carbocycles. The van der Waals surface area contributed by atoms with Gasteiger partial charge in [0.15, 0.2) is 5.69 Å². The van der Waals surface area contributed by atoms with Crippen LogP contribution in [0.3, 0.4) is 0 Å². The Kier molecular flexibility index (Phi) is 5.80. The first-order chi connectivity index (χ1) is 11.0. The minimum absolute atomic E-state index is 0.0356. The Morgan fingerprint density at radius 3 is 2.43 bits per heavy atom. The molecule has 0 bridgehead atoms. The molecular weight excluding hydrogens is 294 g/mol. The zero-order chi connectivity index (χ0) is 17.0. The molecule has 6 nitrogen and oxygen atoms in total. The molecule has 1 amide bonds. The van der Waals surface area contributed by atoms with Crippen LogP contribution in [0.1, 0.15) is 68.2 Å². The number of rotatable bonds is 6. The van der Waals surface area contributed by atoms with Gasteiger partial charge in [-0.05, 0) is 44.6 Å². The van der Waals surface area contributed by atoms with E-state index in [1.165, 1.54) is 0 Å². The predicted molar refractivity (Wildman–Crippen MR) is 87.5 cm³/mol. The summed E-state index contributed by atoms with van der Waals surface area (Å²) in [7, 11) is 0. The number of hydrogen-bond acceptors (Lipinski definition) is 3. The van der Waals surface area contributed by atoms with E-state index in [0.717, 1.165) is 31.4 Å². The maximum atomic E-state index is 12.6. The van der Waals surface area contributed by atoms with Gasteiger partial charge in [0.1, 0.15) is 0 Å². The molecule has 1 aromatic rings. The van der Waals surface area contributed by atoms with Crippen LogP contribution in [0, 0.1) is 12.8 Å². The number of hydrogen-bond donors (Lipinski definition) is 1. The lowest BCUT2D eigenvalue weighted by Gasteiger charge is -2.30. The average molecular weight is 321 g/mol. The number of carbonyl (C=O) groups excluding carboxylic acids is 1. The SMILES string of the molecule is CCC(CC)n1nc(C(=O)N2CCC(CC(=O)O)CC2)cc1C. The normalized spacial score (nSPS) is 16.1. The molecule has 2 rings (SSSR count). The third-order valence-electron chi connectivity index (χ3n) is 4.79. The highest BCUT2D eigenvalue weighted by Crippen LogP contribution is 2.23. The Bertz CT molecular complexity index is 555. The number of aliphatic carboxylic acids is 1. The van der Waals surface area contributed by atoms with Crippen molar-refractivity contribution in [1.29, 1.82) is 0 Å². The summed E-state index contributed by atoms with van der Waals surface area (Å²) in [6, 6.07) is 2.20. The van der Waals surface area contributed by atoms with Gasteiger partial charge in [-0.3, -0.25) is 14.3 Å². The molecule has 23 heavy (non-hydrogen) atoms. The van der Waals surface area contributed by atoms with Crippen LogP contribution in [0.15, 0.2) is 6.07 Å². The summed E-state index contributed by atoms with van der Waals surface area (Å²) in [5, 5.41) is 13.4. The molecule has 1 aromatic heterocycles. The molecule has 0 aromatic carbocycles. The second-order valence-corrected chi connectivity index (χ2v) is 6.42. The Balaban J connectivity index is 2.02. The summed E-state index contributed by atoms with van der Waals surface area (Å²) in [5.74, 6) is -0.610. The standard InChI is InChI=1S/C17H27N3O3/c1-4-14(5-2)20-12(3)10-15(18-20)17(23)19-8-6-13(7-9-19)11-16(21)22/h10,13-14H,4-9,11H2,1-3H3,(H,21,22). The first kappa shape index (κ1) is 17.5. The highest BCUT2D eigenvalue weighted by atomic mass is 16.4. The Labute approximate surface area is 137 Å². The van der Waals surface area contributed by atoms with E-state index in [4.69, 9.17) is 5.11 Å². The molecule has 1 aliphatic rings. The Hall–Kier alpha value is -1.85. The highest BCUT2D eigenvalue weighted by Gasteiger charge is 2.27. The van der Waals surface area contributed by atoms with Gasteiger partial charge in [-0.15, -0.1) is 0 Å². The quantitative estimate of drug-likeness (QED) is 0.874. The van der Waals surface area contributed by atoms with E-state index in [9.17, 15) is 9.59 Å². The summed E-state index contributed by atoms with van der Waals surface area (Å²) in [5.41, 5.74) is 1.52. The van der Waals surface area contributed by atoms with Gasteiger partial charge >= 0.3 is 5.97 Å². The molecule has 1 aliphatic heterocycles. The molecular formula is C17H27N3O3. The summed E-state index contributed by atoms with van der Waals surface area (Å²) in [6.07, 6.45) is 3.69. The number of carboxylic acids is 1. The lowest BCUT2D eigenvalue weighted by atomic mass is 9.93. The number of piperidine rings is 1. The van der Waals surface area contributed by atoms with Crippen LogP contribution in [0.2, 0.25) is 0 Å². The second-order valence-electron chi connectivity index (χ2n) is 6.42. The van der Waals surface area contributed by atoms with Gasteiger partial charge < -0.3 is 10.0 Å². The van der Waals surface area contributed by atoms with E-state index in [-0.39, 0.29) is 18.2 Å². The van der Waals surface area contributed by atoms with Crippen molar-refractivity contribution in [3.8, 4) is 0 Å². The van der Waals surface area contributed by atoms with Gasteiger partial charge in [-0.1, -0.05) is 13.8 Å². The van der Waals surface area contributed by atoms with Crippen molar-refractivity contribution >= 4 is 11.9 Å². The first-order valence-corrected chi connectivity index (χ1v) is 8.53. The molecule has 0 unspecified atom stereocenters. The van der Waals surface area contributed by atoms with E-state index in [0.29, 0.717) is 24.8 Å². The minimum Gasteiger partial charge on any atom is -0.481 e. The van der Waals surface area contributed by atoms with Gasteiger partial charge in [-0.2, -0.15) is 5.10 Å². The van der Waals surface area contributed by atoms with Crippen LogP contribution in [-0.2, 0) is 4.79 Å². The highest BCUT2D eigenvalue weighted by molar-refractivity contribution is 5.92. The number of nitrogens with zero attached hydrogens (tertiary/aromatic N) is 3. The van der Waals surface area contributed by atoms with Gasteiger partial charge in [0.25, 0.3) is 5.91 Å². The van der Waals surface area contributed by atoms with Crippen LogP contribution in [0.4, 0.5) is 0 Å². The third kappa shape index (κ3) is 4.12. The molecule has 6 heteroatoms. The number of aryl methyl sites for hydroxylation is 1. The fraction of sp³-hybridized carbons (Fsp3) is 0.706. The van der Waals surface area contributed by atoms with E-state index < -0.39 is 5.97 Å². The molecule has 0 spiro atoms. The van der Waals surface area contributed by atoms with Crippen LogP contribution < -0.4 is 0 Å². The van der Waals surface area contributed by atoms with Crippen molar-refractivity contribution in [2.75, 3.05) is 13.1 Å². The Morgan fingerprint density at radius 1 is 1.30 bits per heavy atom. The van der Waals surface area contributed by atoms with Gasteiger partial charge in [0.05, 0.1) is 6.04 Å². The monoisotopic (exact) mass is 321 g/mol. The summed E-state index contributed by atoms with van der Waals surface area (Å²) in [6.45, 7) is 7.48. The topological polar surface area (TPSA) is 75.4 Å². The molecule has 0 radical (unpaired) electrons. The van der Waals surface area contributed by atoms with E-state index in [1.807, 2.05) is 17.7 Å². The zero-order valence-electron chi connectivity index (χ0n) is 14.3. The Morgan fingerprint density at radius 2 is 1.91 bits per heavy atom. The number of likely N-dealkylation sites (tertiary alicyclic amines) is 1. The number of amides is 1. The molecule has 1 fully saturated rings. The largest absolute Gasteiger partial charge is 0.481 e. The van der Waals surface area contributed by atoms with Crippen LogP contribution in [0.25, 0.3) is 0 Å². The van der Waals surface area contributed by atoms with Crippen molar-refractivity contribution < 1.29 is 14.7 Å². The van der Waals surface area contributed by atoms with E-state index in [1.54, 1.807) is 4.90 Å². The van der Waals surface area contributed by atoms with Crippen molar-refractivity contribution in [2.24, 2.45) is 5.92 Å². The smallest absolute Gasteiger partial charge is 0.303 e. The van der Waals surface area contributed by atoms with Gasteiger partial charge in [0, 0.05) is 25.2 Å². The van der Waals surface area contributed by atoms with Crippen molar-refractivity contribution in [2.45, 2.75) is 58.9 Å². The summed E-state index contributed by atoms with van der Waals surface area (Å²) in [4.78, 5) is 25.2. The van der Waals surface area contributed by atoms with Crippen molar-refractivity contribution in [3.63, 3.8) is 0 Å². The summed E-state index contributed by atoms with van der Waals surface area (Å²) >= 11 is 0. The fourth-order valence-electron chi connectivity index (χ4n) is 3.35. The molecule has 0 saturated carbocycles. The van der Waals surface area contributed by atoms with Crippen LogP contribution >= 0.6 is 0 Å². The predicted octanol–water partition coefficient (Wildman–Crippen LogP) is 2.88. The maximum absolute atomic E-state index is 12.6. The molecule has 1 saturated heterocycles. The molecule has 128 valence electrons. The van der Waals surface area contributed by atoms with Gasteiger partial charge in [0.2, 0.25) is 0 Å². The molecule has 2 heterocycles. The number of carboxylic acid groups (broad SMARTS) is 1. The first-order valence-electron chi connectivity index (χ1n) is 8.53.